The van der Waals surface area contributed by atoms with Crippen molar-refractivity contribution < 1.29 is 9.32 Å². The lowest BCUT2D eigenvalue weighted by Gasteiger charge is -2.23. The van der Waals surface area contributed by atoms with Crippen molar-refractivity contribution in [3.05, 3.63) is 47.1 Å². The molecule has 0 saturated carbocycles. The monoisotopic (exact) mass is 330 g/mol. The van der Waals surface area contributed by atoms with Crippen LogP contribution < -0.4 is 5.32 Å². The topological polar surface area (TPSA) is 71.3 Å². The van der Waals surface area contributed by atoms with E-state index >= 15 is 0 Å². The first kappa shape index (κ1) is 18.1. The van der Waals surface area contributed by atoms with Gasteiger partial charge in [0.1, 0.15) is 6.04 Å². The Morgan fingerprint density at radius 2 is 1.92 bits per heavy atom. The van der Waals surface area contributed by atoms with Gasteiger partial charge in [-0.1, -0.05) is 48.8 Å². The number of benzene rings is 1. The molecule has 0 aliphatic carbocycles. The van der Waals surface area contributed by atoms with E-state index in [1.54, 1.807) is 0 Å². The molecule has 1 atom stereocenters. The Hall–Kier alpha value is -2.21. The third-order valence-corrected chi connectivity index (χ3v) is 3.80. The van der Waals surface area contributed by atoms with Crippen molar-refractivity contribution in [3.63, 3.8) is 0 Å². The number of hydrogen-bond acceptors (Lipinski definition) is 5. The zero-order valence-corrected chi connectivity index (χ0v) is 15.0. The average molecular weight is 330 g/mol. The van der Waals surface area contributed by atoms with Crippen LogP contribution in [0, 0.1) is 6.92 Å². The number of rotatable bonds is 7. The fraction of sp³-hybridized carbons (Fsp3) is 0.500. The first-order valence-electron chi connectivity index (χ1n) is 8.21. The Balaban J connectivity index is 1.94. The highest BCUT2D eigenvalue weighted by atomic mass is 16.5. The van der Waals surface area contributed by atoms with Gasteiger partial charge in [-0.3, -0.25) is 9.69 Å². The molecule has 1 aromatic heterocycles. The average Bonchev–Trinajstić information content (AvgIpc) is 2.98. The number of aryl methyl sites for hydroxylation is 1. The van der Waals surface area contributed by atoms with Crippen LogP contribution in [0.25, 0.3) is 0 Å². The standard InChI is InChI=1S/C18H26N4O2/c1-12(2)17-20-15(24-21-17)10-11-19-18(23)16(22(4)5)14-8-6-13(3)7-9-14/h6-9,12,16H,10-11H2,1-5H3,(H,19,23)/t16-/m1/s1. The van der Waals surface area contributed by atoms with Crippen molar-refractivity contribution >= 4 is 5.91 Å². The van der Waals surface area contributed by atoms with Crippen LogP contribution in [0.3, 0.4) is 0 Å². The van der Waals surface area contributed by atoms with E-state index in [1.807, 2.05) is 64.0 Å². The lowest BCUT2D eigenvalue weighted by Crippen LogP contribution is -2.37. The molecule has 0 radical (unpaired) electrons. The maximum atomic E-state index is 12.6. The summed E-state index contributed by atoms with van der Waals surface area (Å²) in [4.78, 5) is 18.8. The summed E-state index contributed by atoms with van der Waals surface area (Å²) in [5, 5.41) is 6.88. The van der Waals surface area contributed by atoms with E-state index in [9.17, 15) is 4.79 Å². The molecule has 1 heterocycles. The van der Waals surface area contributed by atoms with Crippen LogP contribution in [0.2, 0.25) is 0 Å². The number of carbonyl (C=O) groups is 1. The fourth-order valence-electron chi connectivity index (χ4n) is 2.43. The van der Waals surface area contributed by atoms with Gasteiger partial charge < -0.3 is 9.84 Å². The van der Waals surface area contributed by atoms with E-state index in [4.69, 9.17) is 4.52 Å². The minimum absolute atomic E-state index is 0.0348. The second-order valence-electron chi connectivity index (χ2n) is 6.52. The largest absolute Gasteiger partial charge is 0.354 e. The van der Waals surface area contributed by atoms with E-state index in [2.05, 4.69) is 15.5 Å². The molecule has 0 aliphatic heterocycles. The summed E-state index contributed by atoms with van der Waals surface area (Å²) in [5.74, 6) is 1.45. The van der Waals surface area contributed by atoms with Crippen LogP contribution >= 0.6 is 0 Å². The number of amides is 1. The Morgan fingerprint density at radius 3 is 2.46 bits per heavy atom. The number of nitrogens with zero attached hydrogens (tertiary/aromatic N) is 3. The van der Waals surface area contributed by atoms with Crippen molar-refractivity contribution in [1.82, 2.24) is 20.4 Å². The van der Waals surface area contributed by atoms with Gasteiger partial charge in [-0.05, 0) is 26.6 Å². The first-order chi connectivity index (χ1) is 11.4. The molecular weight excluding hydrogens is 304 g/mol. The molecule has 0 fully saturated rings. The van der Waals surface area contributed by atoms with Gasteiger partial charge in [0.05, 0.1) is 0 Å². The predicted molar refractivity (Wildman–Crippen MR) is 92.7 cm³/mol. The lowest BCUT2D eigenvalue weighted by molar-refractivity contribution is -0.125. The third kappa shape index (κ3) is 4.64. The van der Waals surface area contributed by atoms with Crippen molar-refractivity contribution in [2.45, 2.75) is 39.2 Å². The van der Waals surface area contributed by atoms with Gasteiger partial charge >= 0.3 is 0 Å². The number of nitrogens with one attached hydrogen (secondary N) is 1. The summed E-state index contributed by atoms with van der Waals surface area (Å²) in [6.07, 6.45) is 0.527. The highest BCUT2D eigenvalue weighted by Crippen LogP contribution is 2.19. The number of aromatic nitrogens is 2. The molecule has 0 aliphatic rings. The number of likely N-dealkylation sites (N-methyl/N-ethyl adjacent to an activating group) is 1. The summed E-state index contributed by atoms with van der Waals surface area (Å²) in [6, 6.07) is 7.70. The molecule has 1 aromatic carbocycles. The molecule has 2 aromatic rings. The smallest absolute Gasteiger partial charge is 0.241 e. The Morgan fingerprint density at radius 1 is 1.25 bits per heavy atom. The maximum absolute atomic E-state index is 12.6. The molecular formula is C18H26N4O2. The Kier molecular flexibility index (Phi) is 6.09. The van der Waals surface area contributed by atoms with Crippen LogP contribution in [-0.4, -0.2) is 41.6 Å². The molecule has 24 heavy (non-hydrogen) atoms. The highest BCUT2D eigenvalue weighted by Gasteiger charge is 2.22. The molecule has 2 rings (SSSR count). The molecule has 0 bridgehead atoms. The van der Waals surface area contributed by atoms with Gasteiger partial charge in [0.2, 0.25) is 11.8 Å². The van der Waals surface area contributed by atoms with Gasteiger partial charge in [0.25, 0.3) is 0 Å². The normalized spacial score (nSPS) is 12.6. The zero-order chi connectivity index (χ0) is 17.7. The van der Waals surface area contributed by atoms with E-state index < -0.39 is 0 Å². The van der Waals surface area contributed by atoms with E-state index in [0.717, 1.165) is 5.56 Å². The van der Waals surface area contributed by atoms with Crippen molar-refractivity contribution in [2.24, 2.45) is 0 Å². The predicted octanol–water partition coefficient (Wildman–Crippen LogP) is 2.46. The quantitative estimate of drug-likeness (QED) is 0.844. The Bertz CT molecular complexity index is 662. The van der Waals surface area contributed by atoms with Gasteiger partial charge in [-0.25, -0.2) is 0 Å². The molecule has 0 unspecified atom stereocenters. The lowest BCUT2D eigenvalue weighted by atomic mass is 10.0. The minimum atomic E-state index is -0.320. The minimum Gasteiger partial charge on any atom is -0.354 e. The summed E-state index contributed by atoms with van der Waals surface area (Å²) in [5.41, 5.74) is 2.15. The molecule has 0 spiro atoms. The molecule has 1 N–H and O–H groups in total. The Labute approximate surface area is 143 Å². The van der Waals surface area contributed by atoms with E-state index in [0.29, 0.717) is 24.7 Å². The number of carbonyl (C=O) groups excluding carboxylic acids is 1. The van der Waals surface area contributed by atoms with Crippen molar-refractivity contribution in [1.29, 1.82) is 0 Å². The summed E-state index contributed by atoms with van der Waals surface area (Å²) in [7, 11) is 3.80. The van der Waals surface area contributed by atoms with E-state index in [-0.39, 0.29) is 17.9 Å². The van der Waals surface area contributed by atoms with Crippen LogP contribution in [0.5, 0.6) is 0 Å². The van der Waals surface area contributed by atoms with E-state index in [1.165, 1.54) is 5.56 Å². The molecule has 1 amide bonds. The molecule has 130 valence electrons. The summed E-state index contributed by atoms with van der Waals surface area (Å²) >= 11 is 0. The van der Waals surface area contributed by atoms with Gasteiger partial charge in [0.15, 0.2) is 5.82 Å². The van der Waals surface area contributed by atoms with Crippen molar-refractivity contribution in [2.75, 3.05) is 20.6 Å². The molecule has 0 saturated heterocycles. The zero-order valence-electron chi connectivity index (χ0n) is 15.0. The number of hydrogen-bond donors (Lipinski definition) is 1. The molecule has 6 nitrogen and oxygen atoms in total. The van der Waals surface area contributed by atoms with Gasteiger partial charge in [0, 0.05) is 18.9 Å². The van der Waals surface area contributed by atoms with Crippen molar-refractivity contribution in [3.8, 4) is 0 Å². The second-order valence-corrected chi connectivity index (χ2v) is 6.52. The third-order valence-electron chi connectivity index (χ3n) is 3.80. The highest BCUT2D eigenvalue weighted by molar-refractivity contribution is 5.83. The van der Waals surface area contributed by atoms with Crippen LogP contribution in [-0.2, 0) is 11.2 Å². The summed E-state index contributed by atoms with van der Waals surface area (Å²) in [6.45, 7) is 6.53. The maximum Gasteiger partial charge on any atom is 0.241 e. The summed E-state index contributed by atoms with van der Waals surface area (Å²) < 4.78 is 5.19. The van der Waals surface area contributed by atoms with Crippen LogP contribution in [0.4, 0.5) is 0 Å². The van der Waals surface area contributed by atoms with Gasteiger partial charge in [-0.15, -0.1) is 0 Å². The fourth-order valence-corrected chi connectivity index (χ4v) is 2.43. The molecule has 6 heteroatoms. The van der Waals surface area contributed by atoms with Gasteiger partial charge in [-0.2, -0.15) is 4.98 Å². The van der Waals surface area contributed by atoms with Crippen LogP contribution in [0.1, 0.15) is 48.6 Å². The second kappa shape index (κ2) is 8.06. The SMILES string of the molecule is Cc1ccc([C@H](C(=O)NCCc2nc(C(C)C)no2)N(C)C)cc1. The van der Waals surface area contributed by atoms with Crippen LogP contribution in [0.15, 0.2) is 28.8 Å². The first-order valence-corrected chi connectivity index (χ1v) is 8.21.